The molecule has 0 radical (unpaired) electrons. The molecule has 0 unspecified atom stereocenters. The van der Waals surface area contributed by atoms with Crippen LogP contribution in [0.5, 0.6) is 0 Å². The summed E-state index contributed by atoms with van der Waals surface area (Å²) >= 11 is 1.31. The van der Waals surface area contributed by atoms with Gasteiger partial charge in [-0.25, -0.2) is 0 Å². The minimum absolute atomic E-state index is 0.115. The van der Waals surface area contributed by atoms with Gasteiger partial charge >= 0.3 is 0 Å². The molecule has 0 saturated carbocycles. The lowest BCUT2D eigenvalue weighted by Gasteiger charge is -2.32. The lowest BCUT2D eigenvalue weighted by Crippen LogP contribution is -3.13. The molecule has 2 aromatic rings. The van der Waals surface area contributed by atoms with Crippen molar-refractivity contribution < 1.29 is 14.4 Å². The number of carbonyl (C=O) groups is 1. The molecule has 1 amide bonds. The second-order valence-corrected chi connectivity index (χ2v) is 8.35. The molecular formula is C21H28N3O2S+. The summed E-state index contributed by atoms with van der Waals surface area (Å²) in [5.74, 6) is 0.994. The average molecular weight is 387 g/mol. The van der Waals surface area contributed by atoms with Gasteiger partial charge in [-0.05, 0) is 29.3 Å². The fraction of sp³-hybridized carbons (Fsp3) is 0.429. The smallest absolute Gasteiger partial charge is 0.251 e. The van der Waals surface area contributed by atoms with E-state index in [1.165, 1.54) is 34.0 Å². The van der Waals surface area contributed by atoms with Crippen LogP contribution in [0.3, 0.4) is 0 Å². The van der Waals surface area contributed by atoms with Gasteiger partial charge in [-0.2, -0.15) is 4.73 Å². The van der Waals surface area contributed by atoms with Crippen LogP contribution in [0.2, 0.25) is 0 Å². The van der Waals surface area contributed by atoms with Gasteiger partial charge in [-0.3, -0.25) is 4.79 Å². The molecule has 1 aromatic heterocycles. The van der Waals surface area contributed by atoms with Crippen LogP contribution >= 0.6 is 11.8 Å². The third-order valence-electron chi connectivity index (χ3n) is 5.06. The van der Waals surface area contributed by atoms with Crippen molar-refractivity contribution in [3.8, 4) is 0 Å². The Morgan fingerprint density at radius 2 is 1.89 bits per heavy atom. The topological polar surface area (TPSA) is 51.7 Å². The number of aromatic nitrogens is 1. The molecule has 1 saturated heterocycles. The van der Waals surface area contributed by atoms with Gasteiger partial charge in [0.15, 0.2) is 6.20 Å². The second kappa shape index (κ2) is 9.24. The summed E-state index contributed by atoms with van der Waals surface area (Å²) in [7, 11) is 0. The summed E-state index contributed by atoms with van der Waals surface area (Å²) in [6.07, 6.45) is 1.46. The predicted molar refractivity (Wildman–Crippen MR) is 108 cm³/mol. The number of carbonyl (C=O) groups excluding carboxylic acids is 1. The molecule has 5 nitrogen and oxygen atoms in total. The molecular weight excluding hydrogens is 358 g/mol. The Hall–Kier alpha value is -2.05. The zero-order chi connectivity index (χ0) is 19.2. The van der Waals surface area contributed by atoms with Crippen LogP contribution in [-0.2, 0) is 11.3 Å². The Bertz CT molecular complexity index is 756. The van der Waals surface area contributed by atoms with Crippen LogP contribution < -0.4 is 9.63 Å². The largest absolute Gasteiger partial charge is 0.618 e. The van der Waals surface area contributed by atoms with E-state index in [4.69, 9.17) is 0 Å². The third-order valence-corrected chi connectivity index (χ3v) is 6.06. The first-order chi connectivity index (χ1) is 13.0. The summed E-state index contributed by atoms with van der Waals surface area (Å²) in [6.45, 7) is 8.93. The number of hydrogen-bond acceptors (Lipinski definition) is 3. The minimum Gasteiger partial charge on any atom is -0.618 e. The lowest BCUT2D eigenvalue weighted by molar-refractivity contribution is -0.917. The maximum absolute atomic E-state index is 12.4. The first kappa shape index (κ1) is 19.7. The number of thioether (sulfide) groups is 1. The Labute approximate surface area is 165 Å². The van der Waals surface area contributed by atoms with Gasteiger partial charge in [0.2, 0.25) is 5.91 Å². The molecule has 144 valence electrons. The van der Waals surface area contributed by atoms with Crippen molar-refractivity contribution in [2.45, 2.75) is 31.3 Å². The summed E-state index contributed by atoms with van der Waals surface area (Å²) in [5, 5.41) is 12.2. The van der Waals surface area contributed by atoms with Crippen LogP contribution in [0.4, 0.5) is 0 Å². The van der Waals surface area contributed by atoms with Crippen molar-refractivity contribution in [1.82, 2.24) is 4.90 Å². The molecule has 3 rings (SSSR count). The molecule has 1 aromatic carbocycles. The predicted octanol–water partition coefficient (Wildman–Crippen LogP) is 1.46. The van der Waals surface area contributed by atoms with E-state index >= 15 is 0 Å². The normalized spacial score (nSPS) is 15.3. The van der Waals surface area contributed by atoms with Crippen LogP contribution in [0.1, 0.15) is 30.9 Å². The fourth-order valence-electron chi connectivity index (χ4n) is 3.31. The summed E-state index contributed by atoms with van der Waals surface area (Å²) in [5.41, 5.74) is 2.73. The summed E-state index contributed by atoms with van der Waals surface area (Å²) in [6, 6.07) is 14.2. The summed E-state index contributed by atoms with van der Waals surface area (Å²) in [4.78, 5) is 15.9. The molecule has 0 spiro atoms. The minimum atomic E-state index is 0.115. The molecule has 0 atom stereocenters. The van der Waals surface area contributed by atoms with Crippen molar-refractivity contribution in [2.24, 2.45) is 0 Å². The third kappa shape index (κ3) is 5.47. The van der Waals surface area contributed by atoms with Gasteiger partial charge in [0.1, 0.15) is 6.54 Å². The lowest BCUT2D eigenvalue weighted by atomic mass is 10.0. The Kier molecular flexibility index (Phi) is 6.74. The number of benzene rings is 1. The highest BCUT2D eigenvalue weighted by molar-refractivity contribution is 7.99. The number of rotatable bonds is 6. The van der Waals surface area contributed by atoms with Gasteiger partial charge in [0.25, 0.3) is 5.03 Å². The van der Waals surface area contributed by atoms with Crippen molar-refractivity contribution in [2.75, 3.05) is 31.9 Å². The second-order valence-electron chi connectivity index (χ2n) is 7.36. The fourth-order valence-corrected chi connectivity index (χ4v) is 4.13. The maximum atomic E-state index is 12.4. The van der Waals surface area contributed by atoms with E-state index in [2.05, 4.69) is 38.1 Å². The zero-order valence-corrected chi connectivity index (χ0v) is 16.9. The number of pyridine rings is 1. The van der Waals surface area contributed by atoms with Gasteiger partial charge in [0.05, 0.1) is 31.9 Å². The zero-order valence-electron chi connectivity index (χ0n) is 16.1. The first-order valence-electron chi connectivity index (χ1n) is 9.54. The molecule has 6 heteroatoms. The van der Waals surface area contributed by atoms with Gasteiger partial charge in [-0.1, -0.05) is 38.1 Å². The number of quaternary nitrogens is 1. The van der Waals surface area contributed by atoms with E-state index in [1.54, 1.807) is 12.1 Å². The SMILES string of the molecule is CC(C)c1ccc(C[NH+]2CCN(C(=O)CSc3cccc[n+]3[O-])CC2)cc1. The summed E-state index contributed by atoms with van der Waals surface area (Å²) < 4.78 is 0.810. The van der Waals surface area contributed by atoms with E-state index in [1.807, 2.05) is 11.0 Å². The molecule has 1 aliphatic heterocycles. The number of amides is 1. The highest BCUT2D eigenvalue weighted by atomic mass is 32.2. The standard InChI is InChI=1S/C21H27N3O2S/c1-17(2)19-8-6-18(7-9-19)15-22-11-13-23(14-12-22)20(25)16-27-21-5-3-4-10-24(21)26/h3-10,17H,11-16H2,1-2H3/p+1. The van der Waals surface area contributed by atoms with E-state index in [-0.39, 0.29) is 5.91 Å². The van der Waals surface area contributed by atoms with Crippen molar-refractivity contribution in [1.29, 1.82) is 0 Å². The Balaban J connectivity index is 1.44. The van der Waals surface area contributed by atoms with Crippen molar-refractivity contribution >= 4 is 17.7 Å². The van der Waals surface area contributed by atoms with Gasteiger partial charge in [0, 0.05) is 17.7 Å². The van der Waals surface area contributed by atoms with Gasteiger partial charge in [-0.15, -0.1) is 0 Å². The number of piperazine rings is 1. The monoisotopic (exact) mass is 386 g/mol. The van der Waals surface area contributed by atoms with Gasteiger partial charge < -0.3 is 15.0 Å². The number of nitrogens with one attached hydrogen (secondary N) is 1. The van der Waals surface area contributed by atoms with Crippen molar-refractivity contribution in [3.63, 3.8) is 0 Å². The van der Waals surface area contributed by atoms with E-state index in [0.29, 0.717) is 16.7 Å². The average Bonchev–Trinajstić information content (AvgIpc) is 2.68. The first-order valence-corrected chi connectivity index (χ1v) is 10.5. The number of hydrogen-bond donors (Lipinski definition) is 1. The Morgan fingerprint density at radius 3 is 2.52 bits per heavy atom. The highest BCUT2D eigenvalue weighted by Gasteiger charge is 2.24. The van der Waals surface area contributed by atoms with Crippen molar-refractivity contribution in [3.05, 3.63) is 65.0 Å². The van der Waals surface area contributed by atoms with E-state index < -0.39 is 0 Å². The van der Waals surface area contributed by atoms with Crippen LogP contribution in [0, 0.1) is 5.21 Å². The van der Waals surface area contributed by atoms with E-state index in [0.717, 1.165) is 37.5 Å². The quantitative estimate of drug-likeness (QED) is 0.465. The number of nitrogens with zero attached hydrogens (tertiary/aromatic N) is 2. The Morgan fingerprint density at radius 1 is 1.19 bits per heavy atom. The van der Waals surface area contributed by atoms with Crippen LogP contribution in [0.15, 0.2) is 53.7 Å². The molecule has 0 bridgehead atoms. The maximum Gasteiger partial charge on any atom is 0.251 e. The molecule has 1 aliphatic rings. The molecule has 1 N–H and O–H groups in total. The molecule has 1 fully saturated rings. The molecule has 27 heavy (non-hydrogen) atoms. The highest BCUT2D eigenvalue weighted by Crippen LogP contribution is 2.15. The van der Waals surface area contributed by atoms with Crippen LogP contribution in [0.25, 0.3) is 0 Å². The molecule has 0 aliphatic carbocycles. The van der Waals surface area contributed by atoms with E-state index in [9.17, 15) is 10.0 Å². The van der Waals surface area contributed by atoms with Crippen LogP contribution in [-0.4, -0.2) is 42.7 Å². The molecule has 2 heterocycles.